The van der Waals surface area contributed by atoms with Crippen LogP contribution < -0.4 is 5.73 Å². The summed E-state index contributed by atoms with van der Waals surface area (Å²) in [6, 6.07) is 1.99. The highest BCUT2D eigenvalue weighted by molar-refractivity contribution is 7.99. The first-order valence-electron chi connectivity index (χ1n) is 4.21. The molecule has 13 heavy (non-hydrogen) atoms. The quantitative estimate of drug-likeness (QED) is 0.864. The lowest BCUT2D eigenvalue weighted by Gasteiger charge is -2.11. The first-order valence-corrected chi connectivity index (χ1v) is 6.52. The number of nitrogens with two attached hydrogens (primary N) is 1. The Hall–Kier alpha value is 0.300. The fraction of sp³-hybridized carbons (Fsp3) is 0.556. The zero-order valence-corrected chi connectivity index (χ0v) is 10.2. The molecule has 0 saturated carbocycles. The maximum atomic E-state index is 5.99. The standard InChI is InChI=1S/C9H14ClNS2/c1-6(2)13-5-8(11)9-7(10)3-4-12-9/h3-4,6,8H,5,11H2,1-2H3. The molecular weight excluding hydrogens is 222 g/mol. The molecule has 0 amide bonds. The van der Waals surface area contributed by atoms with Crippen molar-refractivity contribution in [2.45, 2.75) is 25.1 Å². The van der Waals surface area contributed by atoms with E-state index < -0.39 is 0 Å². The molecule has 0 aromatic carbocycles. The SMILES string of the molecule is CC(C)SCC(N)c1sccc1Cl. The Morgan fingerprint density at radius 3 is 2.77 bits per heavy atom. The maximum Gasteiger partial charge on any atom is 0.0561 e. The maximum absolute atomic E-state index is 5.99. The van der Waals surface area contributed by atoms with Gasteiger partial charge in [0, 0.05) is 16.7 Å². The molecule has 74 valence electrons. The highest BCUT2D eigenvalue weighted by Gasteiger charge is 2.11. The fourth-order valence-corrected chi connectivity index (χ4v) is 3.01. The number of rotatable bonds is 4. The second-order valence-corrected chi connectivity index (χ2v) is 6.09. The molecule has 0 aliphatic carbocycles. The van der Waals surface area contributed by atoms with Crippen molar-refractivity contribution in [3.05, 3.63) is 21.3 Å². The molecule has 1 nitrogen and oxygen atoms in total. The molecule has 0 radical (unpaired) electrons. The summed E-state index contributed by atoms with van der Waals surface area (Å²) in [5, 5.41) is 3.42. The van der Waals surface area contributed by atoms with Gasteiger partial charge in [-0.15, -0.1) is 11.3 Å². The monoisotopic (exact) mass is 235 g/mol. The molecule has 1 rings (SSSR count). The first kappa shape index (κ1) is 11.4. The van der Waals surface area contributed by atoms with Crippen molar-refractivity contribution in [3.8, 4) is 0 Å². The molecule has 0 bridgehead atoms. The van der Waals surface area contributed by atoms with Crippen LogP contribution in [0, 0.1) is 0 Å². The molecule has 2 N–H and O–H groups in total. The summed E-state index contributed by atoms with van der Waals surface area (Å²) in [6.07, 6.45) is 0. The Morgan fingerprint density at radius 1 is 1.62 bits per heavy atom. The van der Waals surface area contributed by atoms with Crippen LogP contribution in [0.4, 0.5) is 0 Å². The summed E-state index contributed by atoms with van der Waals surface area (Å²) < 4.78 is 0. The highest BCUT2D eigenvalue weighted by atomic mass is 35.5. The van der Waals surface area contributed by atoms with Crippen LogP contribution in [0.2, 0.25) is 5.02 Å². The van der Waals surface area contributed by atoms with Gasteiger partial charge >= 0.3 is 0 Å². The van der Waals surface area contributed by atoms with Gasteiger partial charge in [-0.2, -0.15) is 11.8 Å². The van der Waals surface area contributed by atoms with Gasteiger partial charge in [-0.25, -0.2) is 0 Å². The van der Waals surface area contributed by atoms with Crippen LogP contribution in [-0.2, 0) is 0 Å². The number of thiophene rings is 1. The van der Waals surface area contributed by atoms with Crippen LogP contribution in [-0.4, -0.2) is 11.0 Å². The number of hydrogen-bond acceptors (Lipinski definition) is 3. The summed E-state index contributed by atoms with van der Waals surface area (Å²) in [7, 11) is 0. The van der Waals surface area contributed by atoms with Crippen molar-refractivity contribution in [1.29, 1.82) is 0 Å². The minimum Gasteiger partial charge on any atom is -0.323 e. The third kappa shape index (κ3) is 3.50. The summed E-state index contributed by atoms with van der Waals surface area (Å²) in [4.78, 5) is 1.11. The minimum atomic E-state index is 0.0832. The summed E-state index contributed by atoms with van der Waals surface area (Å²) in [5.41, 5.74) is 5.99. The van der Waals surface area contributed by atoms with E-state index in [1.165, 1.54) is 0 Å². The normalized spacial score (nSPS) is 13.6. The topological polar surface area (TPSA) is 26.0 Å². The average molecular weight is 236 g/mol. The van der Waals surface area contributed by atoms with Crippen LogP contribution in [0.1, 0.15) is 24.8 Å². The predicted molar refractivity (Wildman–Crippen MR) is 63.9 cm³/mol. The molecule has 0 saturated heterocycles. The molecule has 0 aliphatic heterocycles. The van der Waals surface area contributed by atoms with E-state index in [-0.39, 0.29) is 6.04 Å². The second-order valence-electron chi connectivity index (χ2n) is 3.12. The van der Waals surface area contributed by atoms with Gasteiger partial charge in [-0.1, -0.05) is 25.4 Å². The van der Waals surface area contributed by atoms with Crippen molar-refractivity contribution >= 4 is 34.7 Å². The molecule has 1 aromatic rings. The molecule has 1 atom stereocenters. The Kier molecular flexibility index (Phi) is 4.59. The zero-order valence-electron chi connectivity index (χ0n) is 7.79. The summed E-state index contributed by atoms with van der Waals surface area (Å²) >= 11 is 9.48. The lowest BCUT2D eigenvalue weighted by Crippen LogP contribution is -2.13. The van der Waals surface area contributed by atoms with Crippen molar-refractivity contribution in [2.75, 3.05) is 5.75 Å². The van der Waals surface area contributed by atoms with Gasteiger partial charge in [-0.3, -0.25) is 0 Å². The van der Waals surface area contributed by atoms with Gasteiger partial charge in [0.05, 0.1) is 5.02 Å². The molecule has 0 spiro atoms. The molecule has 4 heteroatoms. The van der Waals surface area contributed by atoms with Gasteiger partial charge in [0.25, 0.3) is 0 Å². The van der Waals surface area contributed by atoms with E-state index in [2.05, 4.69) is 13.8 Å². The lowest BCUT2D eigenvalue weighted by molar-refractivity contribution is 0.849. The molecular formula is C9H14ClNS2. The Bertz CT molecular complexity index is 260. The van der Waals surface area contributed by atoms with E-state index in [0.29, 0.717) is 5.25 Å². The smallest absolute Gasteiger partial charge is 0.0561 e. The van der Waals surface area contributed by atoms with E-state index in [4.69, 9.17) is 17.3 Å². The third-order valence-corrected chi connectivity index (χ3v) is 4.30. The van der Waals surface area contributed by atoms with E-state index in [9.17, 15) is 0 Å². The first-order chi connectivity index (χ1) is 6.11. The van der Waals surface area contributed by atoms with Gasteiger partial charge in [0.2, 0.25) is 0 Å². The largest absolute Gasteiger partial charge is 0.323 e. The molecule has 1 aromatic heterocycles. The van der Waals surface area contributed by atoms with Crippen molar-refractivity contribution in [1.82, 2.24) is 0 Å². The van der Waals surface area contributed by atoms with Crippen LogP contribution in [0.5, 0.6) is 0 Å². The van der Waals surface area contributed by atoms with E-state index in [1.807, 2.05) is 23.2 Å². The second kappa shape index (κ2) is 5.25. The van der Waals surface area contributed by atoms with E-state index in [1.54, 1.807) is 11.3 Å². The van der Waals surface area contributed by atoms with Gasteiger partial charge in [0.1, 0.15) is 0 Å². The number of thioether (sulfide) groups is 1. The number of hydrogen-bond donors (Lipinski definition) is 1. The predicted octanol–water partition coefficient (Wildman–Crippen LogP) is 3.54. The average Bonchev–Trinajstić information content (AvgIpc) is 2.47. The summed E-state index contributed by atoms with van der Waals surface area (Å²) in [5.74, 6) is 0.942. The van der Waals surface area contributed by atoms with Crippen molar-refractivity contribution in [3.63, 3.8) is 0 Å². The van der Waals surface area contributed by atoms with Gasteiger partial charge < -0.3 is 5.73 Å². The van der Waals surface area contributed by atoms with E-state index in [0.717, 1.165) is 15.7 Å². The number of halogens is 1. The minimum absolute atomic E-state index is 0.0832. The Balaban J connectivity index is 2.49. The van der Waals surface area contributed by atoms with E-state index >= 15 is 0 Å². The third-order valence-electron chi connectivity index (χ3n) is 1.59. The van der Waals surface area contributed by atoms with Crippen LogP contribution in [0.3, 0.4) is 0 Å². The molecule has 1 heterocycles. The molecule has 0 fully saturated rings. The van der Waals surface area contributed by atoms with Gasteiger partial charge in [0.15, 0.2) is 0 Å². The van der Waals surface area contributed by atoms with Crippen molar-refractivity contribution < 1.29 is 0 Å². The molecule has 0 aliphatic rings. The zero-order chi connectivity index (χ0) is 9.84. The van der Waals surface area contributed by atoms with Crippen LogP contribution in [0.25, 0.3) is 0 Å². The highest BCUT2D eigenvalue weighted by Crippen LogP contribution is 2.29. The Morgan fingerprint density at radius 2 is 2.31 bits per heavy atom. The fourth-order valence-electron chi connectivity index (χ4n) is 0.942. The lowest BCUT2D eigenvalue weighted by atomic mass is 10.3. The van der Waals surface area contributed by atoms with Crippen molar-refractivity contribution in [2.24, 2.45) is 5.73 Å². The van der Waals surface area contributed by atoms with Crippen LogP contribution >= 0.6 is 34.7 Å². The van der Waals surface area contributed by atoms with Crippen LogP contribution in [0.15, 0.2) is 11.4 Å². The van der Waals surface area contributed by atoms with Gasteiger partial charge in [-0.05, 0) is 16.7 Å². The molecule has 1 unspecified atom stereocenters. The Labute approximate surface area is 92.7 Å². The summed E-state index contributed by atoms with van der Waals surface area (Å²) in [6.45, 7) is 4.35.